The van der Waals surface area contributed by atoms with Crippen LogP contribution >= 0.6 is 0 Å². The van der Waals surface area contributed by atoms with Gasteiger partial charge in [-0.15, -0.1) is 0 Å². The first-order valence-electron chi connectivity index (χ1n) is 8.24. The van der Waals surface area contributed by atoms with Gasteiger partial charge in [0.05, 0.1) is 6.20 Å². The minimum absolute atomic E-state index is 0.153. The van der Waals surface area contributed by atoms with Crippen molar-refractivity contribution in [3.63, 3.8) is 0 Å². The quantitative estimate of drug-likeness (QED) is 0.713. The third-order valence-electron chi connectivity index (χ3n) is 4.27. The van der Waals surface area contributed by atoms with Gasteiger partial charge in [-0.3, -0.25) is 4.79 Å². The molecule has 1 amide bonds. The molecule has 0 aliphatic rings. The van der Waals surface area contributed by atoms with E-state index < -0.39 is 0 Å². The van der Waals surface area contributed by atoms with Crippen LogP contribution in [0, 0.1) is 20.8 Å². The second-order valence-corrected chi connectivity index (χ2v) is 6.67. The fraction of sp³-hybridized carbons (Fsp3) is 0.316. The number of phenols is 1. The van der Waals surface area contributed by atoms with Crippen LogP contribution in [0.4, 0.5) is 5.69 Å². The largest absolute Gasteiger partial charge is 0.508 e. The van der Waals surface area contributed by atoms with Crippen LogP contribution in [-0.2, 0) is 0 Å². The highest BCUT2D eigenvalue weighted by Gasteiger charge is 2.18. The molecule has 3 rings (SSSR count). The number of carbonyl (C=O) groups is 1. The molecule has 25 heavy (non-hydrogen) atoms. The number of nitrogens with one attached hydrogen (secondary N) is 1. The van der Waals surface area contributed by atoms with Crippen molar-refractivity contribution >= 4 is 17.2 Å². The Kier molecular flexibility index (Phi) is 4.20. The number of amides is 1. The minimum atomic E-state index is -0.268. The van der Waals surface area contributed by atoms with Crippen molar-refractivity contribution in [2.75, 3.05) is 5.32 Å². The highest BCUT2D eigenvalue weighted by molar-refractivity contribution is 6.08. The molecule has 2 aromatic heterocycles. The summed E-state index contributed by atoms with van der Waals surface area (Å²) in [6.45, 7) is 9.66. The zero-order valence-corrected chi connectivity index (χ0v) is 15.1. The first-order chi connectivity index (χ1) is 11.8. The number of anilines is 1. The second kappa shape index (κ2) is 6.20. The second-order valence-electron chi connectivity index (χ2n) is 6.67. The van der Waals surface area contributed by atoms with Crippen LogP contribution in [0.5, 0.6) is 5.75 Å². The fourth-order valence-corrected chi connectivity index (χ4v) is 2.93. The average molecular weight is 338 g/mol. The van der Waals surface area contributed by atoms with E-state index in [0.717, 1.165) is 22.5 Å². The van der Waals surface area contributed by atoms with Gasteiger partial charge in [0.15, 0.2) is 5.65 Å². The molecule has 0 saturated heterocycles. The van der Waals surface area contributed by atoms with E-state index in [1.165, 1.54) is 6.20 Å². The molecular weight excluding hydrogens is 316 g/mol. The van der Waals surface area contributed by atoms with Crippen molar-refractivity contribution in [3.05, 3.63) is 52.5 Å². The summed E-state index contributed by atoms with van der Waals surface area (Å²) < 4.78 is 1.66. The van der Waals surface area contributed by atoms with Crippen molar-refractivity contribution in [1.82, 2.24) is 14.6 Å². The van der Waals surface area contributed by atoms with Crippen molar-refractivity contribution in [3.8, 4) is 5.75 Å². The Morgan fingerprint density at radius 3 is 2.60 bits per heavy atom. The molecule has 2 N–H and O–H groups in total. The summed E-state index contributed by atoms with van der Waals surface area (Å²) in [7, 11) is 0. The number of nitrogens with zero attached hydrogens (tertiary/aromatic N) is 3. The van der Waals surface area contributed by atoms with E-state index in [9.17, 15) is 9.90 Å². The normalized spacial score (nSPS) is 11.3. The van der Waals surface area contributed by atoms with Crippen molar-refractivity contribution in [2.24, 2.45) is 0 Å². The van der Waals surface area contributed by atoms with Gasteiger partial charge in [-0.05, 0) is 56.0 Å². The predicted molar refractivity (Wildman–Crippen MR) is 97.3 cm³/mol. The molecule has 130 valence electrons. The first kappa shape index (κ1) is 17.0. The molecule has 0 spiro atoms. The van der Waals surface area contributed by atoms with Gasteiger partial charge in [0.2, 0.25) is 0 Å². The van der Waals surface area contributed by atoms with Gasteiger partial charge in [-0.2, -0.15) is 5.10 Å². The molecule has 0 fully saturated rings. The monoisotopic (exact) mass is 338 g/mol. The predicted octanol–water partition coefficient (Wildman–Crippen LogP) is 3.74. The molecule has 0 saturated carbocycles. The number of hydrogen-bond donors (Lipinski definition) is 2. The average Bonchev–Trinajstić information content (AvgIpc) is 2.93. The van der Waals surface area contributed by atoms with E-state index in [-0.39, 0.29) is 17.6 Å². The maximum Gasteiger partial charge on any atom is 0.261 e. The van der Waals surface area contributed by atoms with Crippen LogP contribution < -0.4 is 5.32 Å². The molecule has 2 heterocycles. The number of carbonyl (C=O) groups excluding carboxylic acids is 1. The SMILES string of the molecule is Cc1cc(C)n2ncc(C(=O)Nc3cc(C(C)C)c(O)cc3C)c2n1. The Morgan fingerprint density at radius 1 is 1.20 bits per heavy atom. The Morgan fingerprint density at radius 2 is 1.92 bits per heavy atom. The Hall–Kier alpha value is -2.89. The number of aromatic hydroxyl groups is 1. The number of fused-ring (bicyclic) bond motifs is 1. The lowest BCUT2D eigenvalue weighted by atomic mass is 9.99. The molecule has 6 heteroatoms. The summed E-state index contributed by atoms with van der Waals surface area (Å²) in [6.07, 6.45) is 1.53. The van der Waals surface area contributed by atoms with E-state index in [2.05, 4.69) is 15.4 Å². The summed E-state index contributed by atoms with van der Waals surface area (Å²) in [5, 5.41) is 17.3. The van der Waals surface area contributed by atoms with Crippen LogP contribution in [0.3, 0.4) is 0 Å². The molecule has 0 aliphatic carbocycles. The molecule has 6 nitrogen and oxygen atoms in total. The smallest absolute Gasteiger partial charge is 0.261 e. The Bertz CT molecular complexity index is 973. The minimum Gasteiger partial charge on any atom is -0.508 e. The van der Waals surface area contributed by atoms with Crippen LogP contribution in [0.25, 0.3) is 5.65 Å². The number of hydrogen-bond acceptors (Lipinski definition) is 4. The number of benzene rings is 1. The van der Waals surface area contributed by atoms with Gasteiger partial charge in [0, 0.05) is 17.1 Å². The molecule has 0 radical (unpaired) electrons. The Labute approximate surface area is 146 Å². The first-order valence-corrected chi connectivity index (χ1v) is 8.24. The summed E-state index contributed by atoms with van der Waals surface area (Å²) in [5.41, 5.74) is 4.99. The lowest BCUT2D eigenvalue weighted by Gasteiger charge is -2.14. The topological polar surface area (TPSA) is 79.5 Å². The molecule has 0 bridgehead atoms. The van der Waals surface area contributed by atoms with E-state index in [4.69, 9.17) is 0 Å². The van der Waals surface area contributed by atoms with E-state index >= 15 is 0 Å². The van der Waals surface area contributed by atoms with Gasteiger partial charge < -0.3 is 10.4 Å². The molecule has 0 unspecified atom stereocenters. The van der Waals surface area contributed by atoms with Crippen LogP contribution in [0.2, 0.25) is 0 Å². The van der Waals surface area contributed by atoms with Crippen LogP contribution in [-0.4, -0.2) is 25.6 Å². The van der Waals surface area contributed by atoms with Crippen LogP contribution in [0.15, 0.2) is 24.4 Å². The molecule has 3 aromatic rings. The van der Waals surface area contributed by atoms with E-state index in [1.54, 1.807) is 10.6 Å². The third-order valence-corrected chi connectivity index (χ3v) is 4.27. The summed E-state index contributed by atoms with van der Waals surface area (Å²) in [5.74, 6) is 0.130. The lowest BCUT2D eigenvalue weighted by Crippen LogP contribution is -2.13. The highest BCUT2D eigenvalue weighted by Crippen LogP contribution is 2.31. The van der Waals surface area contributed by atoms with Crippen molar-refractivity contribution in [1.29, 1.82) is 0 Å². The highest BCUT2D eigenvalue weighted by atomic mass is 16.3. The van der Waals surface area contributed by atoms with Crippen LogP contribution in [0.1, 0.15) is 52.6 Å². The van der Waals surface area contributed by atoms with Gasteiger partial charge in [0.1, 0.15) is 11.3 Å². The molecule has 1 aromatic carbocycles. The van der Waals surface area contributed by atoms with Crippen molar-refractivity contribution < 1.29 is 9.90 Å². The summed E-state index contributed by atoms with van der Waals surface area (Å²) >= 11 is 0. The number of rotatable bonds is 3. The number of aromatic nitrogens is 3. The molecule has 0 atom stereocenters. The summed E-state index contributed by atoms with van der Waals surface area (Å²) in [4.78, 5) is 17.2. The standard InChI is InChI=1S/C19H22N4O2/c1-10(2)14-8-16(11(3)6-17(14)24)22-19(25)15-9-20-23-13(5)7-12(4)21-18(15)23/h6-10,24H,1-5H3,(H,22,25). The lowest BCUT2D eigenvalue weighted by molar-refractivity contribution is 0.102. The number of aryl methyl sites for hydroxylation is 3. The maximum atomic E-state index is 12.8. The van der Waals surface area contributed by atoms with Gasteiger partial charge in [-0.25, -0.2) is 9.50 Å². The molecular formula is C19H22N4O2. The Balaban J connectivity index is 2.00. The van der Waals surface area contributed by atoms with Gasteiger partial charge in [-0.1, -0.05) is 13.8 Å². The number of phenolic OH excluding ortho intramolecular Hbond substituents is 1. The molecule has 0 aliphatic heterocycles. The van der Waals surface area contributed by atoms with Crippen molar-refractivity contribution in [2.45, 2.75) is 40.5 Å². The zero-order chi connectivity index (χ0) is 18.3. The van der Waals surface area contributed by atoms with E-state index in [1.807, 2.05) is 46.8 Å². The third kappa shape index (κ3) is 3.07. The summed E-state index contributed by atoms with van der Waals surface area (Å²) in [6, 6.07) is 5.41. The van der Waals surface area contributed by atoms with Gasteiger partial charge >= 0.3 is 0 Å². The zero-order valence-electron chi connectivity index (χ0n) is 15.1. The van der Waals surface area contributed by atoms with Gasteiger partial charge in [0.25, 0.3) is 5.91 Å². The van der Waals surface area contributed by atoms with E-state index in [0.29, 0.717) is 16.9 Å². The maximum absolute atomic E-state index is 12.8. The fourth-order valence-electron chi connectivity index (χ4n) is 2.93.